The third-order valence-corrected chi connectivity index (χ3v) is 2.17. The Kier molecular flexibility index (Phi) is 2.53. The van der Waals surface area contributed by atoms with Gasteiger partial charge in [0.1, 0.15) is 11.3 Å². The van der Waals surface area contributed by atoms with Gasteiger partial charge >= 0.3 is 12.1 Å². The largest absolute Gasteiger partial charge is 0.481 e. The molecule has 2 aromatic heterocycles. The summed E-state index contributed by atoms with van der Waals surface area (Å²) in [5, 5.41) is 9.01. The lowest BCUT2D eigenvalue weighted by Crippen LogP contribution is -2.07. The van der Waals surface area contributed by atoms with Gasteiger partial charge in [0, 0.05) is 11.1 Å². The van der Waals surface area contributed by atoms with Crippen LogP contribution >= 0.6 is 0 Å². The minimum atomic E-state index is -4.51. The highest BCUT2D eigenvalue weighted by Gasteiger charge is 2.32. The number of H-pyrrole nitrogens is 1. The highest BCUT2D eigenvalue weighted by atomic mass is 19.4. The average Bonchev–Trinajstić information content (AvgIpc) is 2.55. The zero-order valence-corrected chi connectivity index (χ0v) is 8.38. The van der Waals surface area contributed by atoms with Crippen LogP contribution in [0.2, 0.25) is 0 Å². The molecule has 0 fully saturated rings. The van der Waals surface area contributed by atoms with Crippen LogP contribution in [0.1, 0.15) is 11.4 Å². The van der Waals surface area contributed by atoms with Crippen LogP contribution < -0.4 is 0 Å². The molecule has 0 aliphatic carbocycles. The molecular formula is C10H7F3N2O2. The van der Waals surface area contributed by atoms with Gasteiger partial charge in [-0.25, -0.2) is 4.98 Å². The van der Waals surface area contributed by atoms with Crippen molar-refractivity contribution in [2.24, 2.45) is 0 Å². The average molecular weight is 244 g/mol. The summed E-state index contributed by atoms with van der Waals surface area (Å²) in [4.78, 5) is 16.4. The molecule has 2 heterocycles. The summed E-state index contributed by atoms with van der Waals surface area (Å²) in [7, 11) is 0. The van der Waals surface area contributed by atoms with E-state index in [-0.39, 0.29) is 12.1 Å². The predicted octanol–water partition coefficient (Wildman–Crippen LogP) is 2.21. The molecule has 0 saturated heterocycles. The standard InChI is InChI=1S/C10H7F3N2O2/c11-10(12,13)7-2-1-5-3-6(4-8(16)17)14-9(5)15-7/h1-3H,4H2,(H,14,15)(H,16,17). The van der Waals surface area contributed by atoms with Crippen molar-refractivity contribution < 1.29 is 23.1 Å². The Bertz CT molecular complexity index is 574. The quantitative estimate of drug-likeness (QED) is 0.851. The van der Waals surface area contributed by atoms with Crippen LogP contribution in [0.15, 0.2) is 18.2 Å². The number of nitrogens with zero attached hydrogens (tertiary/aromatic N) is 1. The summed E-state index contributed by atoms with van der Waals surface area (Å²) in [6, 6.07) is 3.59. The Morgan fingerprint density at radius 3 is 2.71 bits per heavy atom. The fourth-order valence-electron chi connectivity index (χ4n) is 1.48. The Morgan fingerprint density at radius 2 is 2.12 bits per heavy atom. The zero-order valence-electron chi connectivity index (χ0n) is 8.38. The summed E-state index contributed by atoms with van der Waals surface area (Å²) < 4.78 is 37.1. The number of aromatic amines is 1. The minimum absolute atomic E-state index is 0.0380. The van der Waals surface area contributed by atoms with Crippen LogP contribution in [0.25, 0.3) is 11.0 Å². The molecule has 2 aromatic rings. The van der Waals surface area contributed by atoms with Crippen molar-refractivity contribution in [3.05, 3.63) is 29.6 Å². The molecular weight excluding hydrogens is 237 g/mol. The molecule has 2 rings (SSSR count). The lowest BCUT2D eigenvalue weighted by Gasteiger charge is -2.04. The van der Waals surface area contributed by atoms with E-state index < -0.39 is 17.8 Å². The first kappa shape index (κ1) is 11.4. The first-order chi connectivity index (χ1) is 7.86. The number of aromatic nitrogens is 2. The van der Waals surface area contributed by atoms with Crippen molar-refractivity contribution in [2.75, 3.05) is 0 Å². The molecule has 0 atom stereocenters. The second kappa shape index (κ2) is 3.76. The molecule has 0 saturated carbocycles. The number of fused-ring (bicyclic) bond motifs is 1. The third-order valence-electron chi connectivity index (χ3n) is 2.17. The predicted molar refractivity (Wildman–Crippen MR) is 52.4 cm³/mol. The van der Waals surface area contributed by atoms with Gasteiger partial charge in [0.05, 0.1) is 6.42 Å². The van der Waals surface area contributed by atoms with Crippen molar-refractivity contribution in [3.63, 3.8) is 0 Å². The van der Waals surface area contributed by atoms with Crippen LogP contribution in [-0.2, 0) is 17.4 Å². The van der Waals surface area contributed by atoms with E-state index in [1.807, 2.05) is 0 Å². The van der Waals surface area contributed by atoms with Crippen molar-refractivity contribution in [1.82, 2.24) is 9.97 Å². The molecule has 0 aliphatic heterocycles. The van der Waals surface area contributed by atoms with E-state index in [9.17, 15) is 18.0 Å². The van der Waals surface area contributed by atoms with E-state index in [2.05, 4.69) is 9.97 Å². The van der Waals surface area contributed by atoms with Crippen molar-refractivity contribution in [3.8, 4) is 0 Å². The number of pyridine rings is 1. The summed E-state index contributed by atoms with van der Waals surface area (Å²) in [5.74, 6) is -1.06. The lowest BCUT2D eigenvalue weighted by molar-refractivity contribution is -0.141. The van der Waals surface area contributed by atoms with Gasteiger partial charge in [0.15, 0.2) is 0 Å². The SMILES string of the molecule is O=C(O)Cc1cc2ccc(C(F)(F)F)nc2[nH]1. The first-order valence-corrected chi connectivity index (χ1v) is 4.64. The highest BCUT2D eigenvalue weighted by Crippen LogP contribution is 2.28. The maximum atomic E-state index is 12.4. The van der Waals surface area contributed by atoms with E-state index in [4.69, 9.17) is 5.11 Å². The molecule has 7 heteroatoms. The van der Waals surface area contributed by atoms with Crippen LogP contribution in [-0.4, -0.2) is 21.0 Å². The molecule has 0 bridgehead atoms. The van der Waals surface area contributed by atoms with Gasteiger partial charge in [-0.3, -0.25) is 4.79 Å². The zero-order chi connectivity index (χ0) is 12.6. The number of aliphatic carboxylic acids is 1. The molecule has 4 nitrogen and oxygen atoms in total. The Labute approximate surface area is 93.1 Å². The Morgan fingerprint density at radius 1 is 1.41 bits per heavy atom. The summed E-state index contributed by atoms with van der Waals surface area (Å²) in [6.45, 7) is 0. The monoisotopic (exact) mass is 244 g/mol. The summed E-state index contributed by atoms with van der Waals surface area (Å²) >= 11 is 0. The molecule has 2 N–H and O–H groups in total. The van der Waals surface area contributed by atoms with Crippen LogP contribution in [0.4, 0.5) is 13.2 Å². The number of hydrogen-bond acceptors (Lipinski definition) is 2. The normalized spacial score (nSPS) is 11.9. The van der Waals surface area contributed by atoms with Gasteiger partial charge in [-0.1, -0.05) is 0 Å². The highest BCUT2D eigenvalue weighted by molar-refractivity contribution is 5.79. The molecule has 0 aromatic carbocycles. The number of carboxylic acid groups (broad SMARTS) is 1. The number of hydrogen-bond donors (Lipinski definition) is 2. The van der Waals surface area contributed by atoms with Gasteiger partial charge < -0.3 is 10.1 Å². The van der Waals surface area contributed by atoms with Crippen LogP contribution in [0.5, 0.6) is 0 Å². The van der Waals surface area contributed by atoms with Crippen LogP contribution in [0, 0.1) is 0 Å². The number of nitrogens with one attached hydrogen (secondary N) is 1. The number of alkyl halides is 3. The molecule has 0 unspecified atom stereocenters. The first-order valence-electron chi connectivity index (χ1n) is 4.64. The maximum absolute atomic E-state index is 12.4. The smallest absolute Gasteiger partial charge is 0.433 e. The third kappa shape index (κ3) is 2.38. The molecule has 90 valence electrons. The summed E-state index contributed by atoms with van der Waals surface area (Å²) in [6.07, 6.45) is -4.79. The van der Waals surface area contributed by atoms with Crippen LogP contribution in [0.3, 0.4) is 0 Å². The van der Waals surface area contributed by atoms with Crippen molar-refractivity contribution >= 4 is 17.0 Å². The van der Waals surface area contributed by atoms with E-state index in [1.54, 1.807) is 0 Å². The Balaban J connectivity index is 2.44. The lowest BCUT2D eigenvalue weighted by atomic mass is 10.2. The molecule has 17 heavy (non-hydrogen) atoms. The van der Waals surface area contributed by atoms with E-state index in [0.717, 1.165) is 6.07 Å². The molecule has 0 spiro atoms. The van der Waals surface area contributed by atoms with E-state index >= 15 is 0 Å². The van der Waals surface area contributed by atoms with Crippen molar-refractivity contribution in [2.45, 2.75) is 12.6 Å². The number of carboxylic acids is 1. The van der Waals surface area contributed by atoms with Gasteiger partial charge in [0.25, 0.3) is 0 Å². The van der Waals surface area contributed by atoms with Gasteiger partial charge in [-0.05, 0) is 18.2 Å². The number of halogens is 3. The van der Waals surface area contributed by atoms with E-state index in [0.29, 0.717) is 11.1 Å². The number of carbonyl (C=O) groups is 1. The molecule has 0 amide bonds. The number of rotatable bonds is 2. The van der Waals surface area contributed by atoms with E-state index in [1.165, 1.54) is 12.1 Å². The second-order valence-corrected chi connectivity index (χ2v) is 3.50. The van der Waals surface area contributed by atoms with Crippen molar-refractivity contribution in [1.29, 1.82) is 0 Å². The molecule has 0 radical (unpaired) electrons. The maximum Gasteiger partial charge on any atom is 0.433 e. The summed E-state index contributed by atoms with van der Waals surface area (Å²) in [5.41, 5.74) is -0.649. The van der Waals surface area contributed by atoms with Gasteiger partial charge in [-0.15, -0.1) is 0 Å². The van der Waals surface area contributed by atoms with Gasteiger partial charge in [0.2, 0.25) is 0 Å². The fourth-order valence-corrected chi connectivity index (χ4v) is 1.48. The fraction of sp³-hybridized carbons (Fsp3) is 0.200. The Hall–Kier alpha value is -2.05. The second-order valence-electron chi connectivity index (χ2n) is 3.50. The molecule has 0 aliphatic rings. The minimum Gasteiger partial charge on any atom is -0.481 e. The van der Waals surface area contributed by atoms with Gasteiger partial charge in [-0.2, -0.15) is 13.2 Å². The topological polar surface area (TPSA) is 66.0 Å².